The third-order valence-electron chi connectivity index (χ3n) is 3.47. The maximum Gasteiger partial charge on any atom is 0.257 e. The van der Waals surface area contributed by atoms with Gasteiger partial charge in [-0.3, -0.25) is 9.59 Å². The average molecular weight is 335 g/mol. The first-order valence-electron chi connectivity index (χ1n) is 6.72. The minimum atomic E-state index is -0.349. The maximum atomic E-state index is 12.3. The molecular formula is C16H12Cl2N2O2. The van der Waals surface area contributed by atoms with Crippen LogP contribution in [-0.4, -0.2) is 18.4 Å². The highest BCUT2D eigenvalue weighted by Crippen LogP contribution is 2.23. The molecule has 4 nitrogen and oxygen atoms in total. The van der Waals surface area contributed by atoms with E-state index in [4.69, 9.17) is 23.2 Å². The number of anilines is 1. The molecule has 0 bridgehead atoms. The quantitative estimate of drug-likeness (QED) is 0.882. The number of rotatable bonds is 2. The largest absolute Gasteiger partial charge is 0.352 e. The molecule has 0 radical (unpaired) electrons. The summed E-state index contributed by atoms with van der Waals surface area (Å²) in [5.41, 5.74) is 2.44. The zero-order chi connectivity index (χ0) is 15.7. The van der Waals surface area contributed by atoms with Crippen molar-refractivity contribution in [1.29, 1.82) is 0 Å². The number of carbonyl (C=O) groups is 2. The van der Waals surface area contributed by atoms with E-state index >= 15 is 0 Å². The number of nitrogens with one attached hydrogen (secondary N) is 2. The van der Waals surface area contributed by atoms with Crippen LogP contribution in [0.1, 0.15) is 26.3 Å². The van der Waals surface area contributed by atoms with E-state index < -0.39 is 0 Å². The van der Waals surface area contributed by atoms with Gasteiger partial charge >= 0.3 is 0 Å². The second-order valence-electron chi connectivity index (χ2n) is 4.96. The number of amides is 2. The van der Waals surface area contributed by atoms with Gasteiger partial charge in [-0.25, -0.2) is 0 Å². The maximum absolute atomic E-state index is 12.3. The Bertz CT molecular complexity index is 775. The monoisotopic (exact) mass is 334 g/mol. The second-order valence-corrected chi connectivity index (χ2v) is 5.80. The van der Waals surface area contributed by atoms with Crippen LogP contribution in [0.25, 0.3) is 0 Å². The highest BCUT2D eigenvalue weighted by Gasteiger charge is 2.18. The molecule has 0 spiro atoms. The van der Waals surface area contributed by atoms with Crippen molar-refractivity contribution in [3.8, 4) is 0 Å². The number of halogens is 2. The fourth-order valence-corrected chi connectivity index (χ4v) is 2.86. The molecule has 112 valence electrons. The van der Waals surface area contributed by atoms with Crippen molar-refractivity contribution < 1.29 is 9.59 Å². The van der Waals surface area contributed by atoms with E-state index in [-0.39, 0.29) is 16.8 Å². The molecule has 0 aromatic heterocycles. The number of benzene rings is 2. The predicted molar refractivity (Wildman–Crippen MR) is 86.9 cm³/mol. The second kappa shape index (κ2) is 5.99. The van der Waals surface area contributed by atoms with Gasteiger partial charge in [-0.05, 0) is 42.3 Å². The lowest BCUT2D eigenvalue weighted by molar-refractivity contribution is 0.0944. The summed E-state index contributed by atoms with van der Waals surface area (Å²) in [4.78, 5) is 24.1. The summed E-state index contributed by atoms with van der Waals surface area (Å²) in [7, 11) is 0. The molecule has 2 aromatic carbocycles. The van der Waals surface area contributed by atoms with Gasteiger partial charge < -0.3 is 10.6 Å². The molecule has 2 aromatic rings. The van der Waals surface area contributed by atoms with Crippen LogP contribution in [0.4, 0.5) is 5.69 Å². The van der Waals surface area contributed by atoms with Crippen LogP contribution in [0.15, 0.2) is 36.4 Å². The Labute approximate surface area is 137 Å². The highest BCUT2D eigenvalue weighted by molar-refractivity contribution is 6.37. The van der Waals surface area contributed by atoms with Crippen molar-refractivity contribution in [2.24, 2.45) is 0 Å². The molecule has 0 aliphatic carbocycles. The van der Waals surface area contributed by atoms with Crippen LogP contribution in [0, 0.1) is 0 Å². The number of hydrogen-bond donors (Lipinski definition) is 2. The summed E-state index contributed by atoms with van der Waals surface area (Å²) < 4.78 is 0. The van der Waals surface area contributed by atoms with Crippen molar-refractivity contribution in [3.63, 3.8) is 0 Å². The third-order valence-corrected chi connectivity index (χ3v) is 4.02. The first-order valence-corrected chi connectivity index (χ1v) is 7.48. The minimum absolute atomic E-state index is 0.123. The molecule has 1 aliphatic rings. The van der Waals surface area contributed by atoms with Crippen LogP contribution in [0.5, 0.6) is 0 Å². The van der Waals surface area contributed by atoms with Crippen LogP contribution in [0.3, 0.4) is 0 Å². The van der Waals surface area contributed by atoms with E-state index in [9.17, 15) is 9.59 Å². The lowest BCUT2D eigenvalue weighted by Gasteiger charge is -2.17. The van der Waals surface area contributed by atoms with Crippen LogP contribution in [-0.2, 0) is 6.42 Å². The van der Waals surface area contributed by atoms with Gasteiger partial charge in [-0.2, -0.15) is 0 Å². The molecule has 1 aliphatic heterocycles. The summed E-state index contributed by atoms with van der Waals surface area (Å²) in [6.45, 7) is 0.637. The molecule has 0 unspecified atom stereocenters. The van der Waals surface area contributed by atoms with E-state index in [1.54, 1.807) is 24.3 Å². The van der Waals surface area contributed by atoms with E-state index in [0.717, 1.165) is 12.0 Å². The Kier molecular flexibility index (Phi) is 4.05. The van der Waals surface area contributed by atoms with Gasteiger partial charge in [0, 0.05) is 22.8 Å². The fourth-order valence-electron chi connectivity index (χ4n) is 2.36. The van der Waals surface area contributed by atoms with Crippen LogP contribution >= 0.6 is 23.2 Å². The molecule has 0 fully saturated rings. The number of carbonyl (C=O) groups excluding carboxylic acids is 2. The number of hydrogen-bond acceptors (Lipinski definition) is 2. The molecule has 0 atom stereocenters. The summed E-state index contributed by atoms with van der Waals surface area (Å²) in [5.74, 6) is -0.472. The van der Waals surface area contributed by atoms with Gasteiger partial charge in [0.2, 0.25) is 0 Å². The third kappa shape index (κ3) is 2.93. The van der Waals surface area contributed by atoms with Crippen molar-refractivity contribution >= 4 is 40.7 Å². The fraction of sp³-hybridized carbons (Fsp3) is 0.125. The Morgan fingerprint density at radius 3 is 2.73 bits per heavy atom. The van der Waals surface area contributed by atoms with E-state index in [0.29, 0.717) is 28.4 Å². The lowest BCUT2D eigenvalue weighted by Crippen LogP contribution is -2.31. The molecule has 1 heterocycles. The summed E-state index contributed by atoms with van der Waals surface area (Å²) in [6.07, 6.45) is 0.790. The standard InChI is InChI=1S/C16H12Cl2N2O2/c17-10-2-4-12(14(18)7-10)16(22)20-11-3-1-9-5-6-19-15(21)13(9)8-11/h1-4,7-8H,5-6H2,(H,19,21)(H,20,22). The first kappa shape index (κ1) is 14.9. The SMILES string of the molecule is O=C(Nc1ccc2c(c1)C(=O)NCC2)c1ccc(Cl)cc1Cl. The molecule has 2 N–H and O–H groups in total. The summed E-state index contributed by atoms with van der Waals surface area (Å²) in [5, 5.41) is 6.26. The Hall–Kier alpha value is -2.04. The van der Waals surface area contributed by atoms with Gasteiger partial charge in [0.05, 0.1) is 10.6 Å². The van der Waals surface area contributed by atoms with E-state index in [1.807, 2.05) is 6.07 Å². The lowest BCUT2D eigenvalue weighted by atomic mass is 10.00. The molecule has 6 heteroatoms. The predicted octanol–water partition coefficient (Wildman–Crippen LogP) is 3.53. The topological polar surface area (TPSA) is 58.2 Å². The normalized spacial score (nSPS) is 13.3. The zero-order valence-corrected chi connectivity index (χ0v) is 13.0. The van der Waals surface area contributed by atoms with Crippen molar-refractivity contribution in [2.75, 3.05) is 11.9 Å². The molecular weight excluding hydrogens is 323 g/mol. The highest BCUT2D eigenvalue weighted by atomic mass is 35.5. The van der Waals surface area contributed by atoms with E-state index in [2.05, 4.69) is 10.6 Å². The number of fused-ring (bicyclic) bond motifs is 1. The van der Waals surface area contributed by atoms with Gasteiger partial charge in [0.25, 0.3) is 11.8 Å². The van der Waals surface area contributed by atoms with Gasteiger partial charge in [-0.15, -0.1) is 0 Å². The minimum Gasteiger partial charge on any atom is -0.352 e. The molecule has 0 saturated heterocycles. The van der Waals surface area contributed by atoms with Gasteiger partial charge in [0.1, 0.15) is 0 Å². The van der Waals surface area contributed by atoms with Gasteiger partial charge in [0.15, 0.2) is 0 Å². The van der Waals surface area contributed by atoms with Gasteiger partial charge in [-0.1, -0.05) is 29.3 Å². The van der Waals surface area contributed by atoms with Crippen molar-refractivity contribution in [3.05, 3.63) is 63.1 Å². The molecule has 2 amide bonds. The molecule has 3 rings (SSSR count). The van der Waals surface area contributed by atoms with Crippen molar-refractivity contribution in [1.82, 2.24) is 5.32 Å². The Morgan fingerprint density at radius 2 is 1.95 bits per heavy atom. The zero-order valence-electron chi connectivity index (χ0n) is 11.5. The Morgan fingerprint density at radius 1 is 1.14 bits per heavy atom. The van der Waals surface area contributed by atoms with Crippen LogP contribution in [0.2, 0.25) is 10.0 Å². The molecule has 0 saturated carbocycles. The Balaban J connectivity index is 1.85. The summed E-state index contributed by atoms with van der Waals surface area (Å²) in [6, 6.07) is 9.98. The molecule has 22 heavy (non-hydrogen) atoms. The average Bonchev–Trinajstić information content (AvgIpc) is 2.48. The van der Waals surface area contributed by atoms with Crippen LogP contribution < -0.4 is 10.6 Å². The van der Waals surface area contributed by atoms with E-state index in [1.165, 1.54) is 6.07 Å². The van der Waals surface area contributed by atoms with Crippen molar-refractivity contribution in [2.45, 2.75) is 6.42 Å². The smallest absolute Gasteiger partial charge is 0.257 e. The first-order chi connectivity index (χ1) is 10.5. The summed E-state index contributed by atoms with van der Waals surface area (Å²) >= 11 is 11.8.